The third kappa shape index (κ3) is 3.66. The van der Waals surface area contributed by atoms with Gasteiger partial charge in [0.05, 0.1) is 12.6 Å². The summed E-state index contributed by atoms with van der Waals surface area (Å²) in [5.41, 5.74) is 0. The van der Waals surface area contributed by atoms with E-state index in [4.69, 9.17) is 4.74 Å². The first-order valence-corrected chi connectivity index (χ1v) is 5.75. The molecule has 1 heterocycles. The molecule has 82 valence electrons. The lowest BCUT2D eigenvalue weighted by Gasteiger charge is -2.23. The van der Waals surface area contributed by atoms with E-state index in [0.29, 0.717) is 12.6 Å². The van der Waals surface area contributed by atoms with E-state index in [1.54, 1.807) is 0 Å². The summed E-state index contributed by atoms with van der Waals surface area (Å²) in [7, 11) is 0. The molecule has 0 aromatic rings. The summed E-state index contributed by atoms with van der Waals surface area (Å²) in [6.45, 7) is 4.86. The lowest BCUT2D eigenvalue weighted by Crippen LogP contribution is -2.97. The van der Waals surface area contributed by atoms with Crippen LogP contribution in [0.1, 0.15) is 46.0 Å². The quantitative estimate of drug-likeness (QED) is 0.539. The van der Waals surface area contributed by atoms with Gasteiger partial charge >= 0.3 is 5.97 Å². The van der Waals surface area contributed by atoms with Crippen molar-refractivity contribution in [3.05, 3.63) is 0 Å². The number of esters is 1. The fourth-order valence-electron chi connectivity index (χ4n) is 1.87. The molecule has 0 radical (unpaired) electrons. The Bertz CT molecular complexity index is 182. The lowest BCUT2D eigenvalue weighted by atomic mass is 10.00. The second-order valence-electron chi connectivity index (χ2n) is 4.23. The van der Waals surface area contributed by atoms with Crippen LogP contribution in [0.2, 0.25) is 0 Å². The molecule has 1 aliphatic rings. The van der Waals surface area contributed by atoms with Gasteiger partial charge in [0.25, 0.3) is 0 Å². The van der Waals surface area contributed by atoms with E-state index in [0.717, 1.165) is 25.7 Å². The average molecular weight is 200 g/mol. The van der Waals surface area contributed by atoms with Crippen molar-refractivity contribution in [2.45, 2.75) is 58.0 Å². The number of hydrogen-bond donors (Lipinski definition) is 1. The minimum absolute atomic E-state index is 0.00926. The van der Waals surface area contributed by atoms with Crippen molar-refractivity contribution < 1.29 is 14.8 Å². The second kappa shape index (κ2) is 6.02. The van der Waals surface area contributed by atoms with Gasteiger partial charge in [-0.2, -0.15) is 0 Å². The number of piperidine rings is 1. The maximum atomic E-state index is 11.6. The van der Waals surface area contributed by atoms with Crippen LogP contribution in [0.15, 0.2) is 0 Å². The standard InChI is InChI=1S/C11H21NO2/c1-3-4-8-14-11(13)10-7-5-6-9(2)12-10/h9-10,12H,3-8H2,1-2H3/p+1/t9-,10-/m0/s1. The van der Waals surface area contributed by atoms with Gasteiger partial charge < -0.3 is 10.1 Å². The summed E-state index contributed by atoms with van der Waals surface area (Å²) in [5.74, 6) is -0.00926. The largest absolute Gasteiger partial charge is 0.461 e. The zero-order valence-corrected chi connectivity index (χ0v) is 9.29. The summed E-state index contributed by atoms with van der Waals surface area (Å²) in [6, 6.07) is 0.642. The molecule has 1 saturated heterocycles. The Morgan fingerprint density at radius 1 is 1.50 bits per heavy atom. The van der Waals surface area contributed by atoms with Crippen LogP contribution >= 0.6 is 0 Å². The molecule has 0 aromatic carbocycles. The molecule has 0 bridgehead atoms. The fourth-order valence-corrected chi connectivity index (χ4v) is 1.87. The molecule has 2 N–H and O–H groups in total. The SMILES string of the molecule is CCCCOC(=O)[C@@H]1CCC[C@H](C)[NH2+]1. The van der Waals surface area contributed by atoms with Crippen LogP contribution < -0.4 is 5.32 Å². The van der Waals surface area contributed by atoms with Gasteiger partial charge in [0, 0.05) is 6.42 Å². The van der Waals surface area contributed by atoms with E-state index in [9.17, 15) is 4.79 Å². The highest BCUT2D eigenvalue weighted by molar-refractivity contribution is 5.74. The maximum absolute atomic E-state index is 11.6. The minimum atomic E-state index is -0.00926. The molecule has 3 nitrogen and oxygen atoms in total. The van der Waals surface area contributed by atoms with Gasteiger partial charge in [-0.25, -0.2) is 4.79 Å². The van der Waals surface area contributed by atoms with Crippen LogP contribution in [-0.4, -0.2) is 24.7 Å². The molecule has 3 heteroatoms. The van der Waals surface area contributed by atoms with Crippen LogP contribution in [-0.2, 0) is 9.53 Å². The van der Waals surface area contributed by atoms with E-state index in [1.807, 2.05) is 0 Å². The number of quaternary nitrogens is 1. The summed E-state index contributed by atoms with van der Waals surface area (Å²) >= 11 is 0. The van der Waals surface area contributed by atoms with E-state index in [2.05, 4.69) is 19.2 Å². The highest BCUT2D eigenvalue weighted by Gasteiger charge is 2.29. The summed E-state index contributed by atoms with van der Waals surface area (Å²) in [6.07, 6.45) is 5.42. The van der Waals surface area contributed by atoms with Gasteiger partial charge in [0.1, 0.15) is 0 Å². The molecule has 0 aliphatic carbocycles. The summed E-state index contributed by atoms with van der Waals surface area (Å²) < 4.78 is 5.20. The Balaban J connectivity index is 2.22. The van der Waals surface area contributed by atoms with Crippen LogP contribution in [0.5, 0.6) is 0 Å². The first kappa shape index (κ1) is 11.5. The number of carbonyl (C=O) groups excluding carboxylic acids is 1. The monoisotopic (exact) mass is 200 g/mol. The van der Waals surface area contributed by atoms with E-state index in [-0.39, 0.29) is 12.0 Å². The molecule has 0 aromatic heterocycles. The summed E-state index contributed by atoms with van der Waals surface area (Å²) in [4.78, 5) is 11.6. The molecule has 2 atom stereocenters. The number of carbonyl (C=O) groups is 1. The normalized spacial score (nSPS) is 27.3. The molecule has 0 amide bonds. The molecule has 0 unspecified atom stereocenters. The lowest BCUT2D eigenvalue weighted by molar-refractivity contribution is -0.716. The third-order valence-electron chi connectivity index (χ3n) is 2.78. The highest BCUT2D eigenvalue weighted by atomic mass is 16.5. The first-order valence-electron chi connectivity index (χ1n) is 5.75. The summed E-state index contributed by atoms with van der Waals surface area (Å²) in [5, 5.41) is 2.15. The van der Waals surface area contributed by atoms with E-state index >= 15 is 0 Å². The predicted octanol–water partition coefficient (Wildman–Crippen LogP) is 0.834. The number of unbranched alkanes of at least 4 members (excludes halogenated alkanes) is 1. The van der Waals surface area contributed by atoms with Crippen molar-refractivity contribution >= 4 is 5.97 Å². The van der Waals surface area contributed by atoms with Gasteiger partial charge in [-0.15, -0.1) is 0 Å². The topological polar surface area (TPSA) is 42.9 Å². The number of hydrogen-bond acceptors (Lipinski definition) is 2. The predicted molar refractivity (Wildman–Crippen MR) is 54.9 cm³/mol. The molecule has 1 aliphatic heterocycles. The maximum Gasteiger partial charge on any atom is 0.364 e. The molecule has 14 heavy (non-hydrogen) atoms. The first-order chi connectivity index (χ1) is 6.74. The molecular formula is C11H22NO2+. The van der Waals surface area contributed by atoms with Gasteiger partial charge in [0.2, 0.25) is 0 Å². The van der Waals surface area contributed by atoms with Gasteiger partial charge in [-0.05, 0) is 26.2 Å². The number of rotatable bonds is 4. The zero-order chi connectivity index (χ0) is 10.4. The van der Waals surface area contributed by atoms with Crippen molar-refractivity contribution in [2.75, 3.05) is 6.61 Å². The number of nitrogens with two attached hydrogens (primary N) is 1. The minimum Gasteiger partial charge on any atom is -0.461 e. The van der Waals surface area contributed by atoms with E-state index < -0.39 is 0 Å². The van der Waals surface area contributed by atoms with Crippen LogP contribution in [0.3, 0.4) is 0 Å². The van der Waals surface area contributed by atoms with Gasteiger partial charge in [-0.1, -0.05) is 13.3 Å². The molecule has 1 fully saturated rings. The van der Waals surface area contributed by atoms with E-state index in [1.165, 1.54) is 6.42 Å². The molecule has 0 spiro atoms. The van der Waals surface area contributed by atoms with Crippen molar-refractivity contribution in [1.82, 2.24) is 0 Å². The van der Waals surface area contributed by atoms with Crippen molar-refractivity contribution in [3.63, 3.8) is 0 Å². The van der Waals surface area contributed by atoms with Crippen molar-refractivity contribution in [2.24, 2.45) is 0 Å². The molecule has 1 rings (SSSR count). The zero-order valence-electron chi connectivity index (χ0n) is 9.29. The smallest absolute Gasteiger partial charge is 0.364 e. The Kier molecular flexibility index (Phi) is 4.94. The van der Waals surface area contributed by atoms with Gasteiger partial charge in [0.15, 0.2) is 6.04 Å². The third-order valence-corrected chi connectivity index (χ3v) is 2.78. The highest BCUT2D eigenvalue weighted by Crippen LogP contribution is 2.07. The molecule has 0 saturated carbocycles. The van der Waals surface area contributed by atoms with Crippen molar-refractivity contribution in [3.8, 4) is 0 Å². The Morgan fingerprint density at radius 3 is 2.93 bits per heavy atom. The fraction of sp³-hybridized carbons (Fsp3) is 0.909. The van der Waals surface area contributed by atoms with Crippen molar-refractivity contribution in [1.29, 1.82) is 0 Å². The van der Waals surface area contributed by atoms with Crippen LogP contribution in [0.25, 0.3) is 0 Å². The molecular weight excluding hydrogens is 178 g/mol. The van der Waals surface area contributed by atoms with Crippen LogP contribution in [0.4, 0.5) is 0 Å². The Hall–Kier alpha value is -0.570. The Labute approximate surface area is 86.2 Å². The second-order valence-corrected chi connectivity index (χ2v) is 4.23. The number of ether oxygens (including phenoxy) is 1. The van der Waals surface area contributed by atoms with Crippen LogP contribution in [0, 0.1) is 0 Å². The average Bonchev–Trinajstić information content (AvgIpc) is 2.18. The Morgan fingerprint density at radius 2 is 2.29 bits per heavy atom. The van der Waals surface area contributed by atoms with Gasteiger partial charge in [-0.3, -0.25) is 0 Å².